The van der Waals surface area contributed by atoms with Crippen molar-refractivity contribution in [3.05, 3.63) is 58.6 Å². The molecule has 2 aliphatic heterocycles. The molecule has 1 saturated carbocycles. The van der Waals surface area contributed by atoms with Crippen molar-refractivity contribution in [2.75, 3.05) is 7.11 Å². The van der Waals surface area contributed by atoms with E-state index in [1.807, 2.05) is 30.3 Å². The minimum atomic E-state index is -0.329. The first-order chi connectivity index (χ1) is 13.2. The van der Waals surface area contributed by atoms with Crippen LogP contribution >= 0.6 is 11.6 Å². The zero-order valence-corrected chi connectivity index (χ0v) is 16.2. The van der Waals surface area contributed by atoms with Gasteiger partial charge in [0, 0.05) is 35.4 Å². The highest BCUT2D eigenvalue weighted by atomic mass is 35.5. The summed E-state index contributed by atoms with van der Waals surface area (Å²) in [6.07, 6.45) is 6.50. The van der Waals surface area contributed by atoms with E-state index in [1.54, 1.807) is 7.11 Å². The maximum Gasteiger partial charge on any atom is 0.198 e. The molecule has 1 unspecified atom stereocenters. The number of halogens is 1. The predicted molar refractivity (Wildman–Crippen MR) is 107 cm³/mol. The Morgan fingerprint density at radius 2 is 2.00 bits per heavy atom. The summed E-state index contributed by atoms with van der Waals surface area (Å²) in [5, 5.41) is 8.07. The number of hydrazone groups is 1. The fourth-order valence-electron chi connectivity index (χ4n) is 4.66. The molecule has 5 heteroatoms. The van der Waals surface area contributed by atoms with Crippen LogP contribution in [0, 0.1) is 0 Å². The Balaban J connectivity index is 1.59. The quantitative estimate of drug-likeness (QED) is 0.682. The van der Waals surface area contributed by atoms with E-state index in [0.717, 1.165) is 52.6 Å². The van der Waals surface area contributed by atoms with E-state index >= 15 is 0 Å². The normalized spacial score (nSPS) is 22.7. The Morgan fingerprint density at radius 3 is 2.81 bits per heavy atom. The molecule has 4 nitrogen and oxygen atoms in total. The molecule has 1 fully saturated rings. The molecule has 1 spiro atoms. The molecule has 1 atom stereocenters. The third-order valence-electron chi connectivity index (χ3n) is 6.00. The molecule has 3 aliphatic rings. The Labute approximate surface area is 164 Å². The van der Waals surface area contributed by atoms with Crippen LogP contribution in [0.1, 0.15) is 55.7 Å². The van der Waals surface area contributed by atoms with E-state index in [2.05, 4.69) is 17.1 Å². The first-order valence-electron chi connectivity index (χ1n) is 9.68. The lowest BCUT2D eigenvalue weighted by Crippen LogP contribution is -2.54. The first kappa shape index (κ1) is 16.9. The van der Waals surface area contributed by atoms with E-state index in [1.165, 1.54) is 19.3 Å². The highest BCUT2D eigenvalue weighted by Gasteiger charge is 2.50. The number of rotatable bonds is 2. The Bertz CT molecular complexity index is 905. The van der Waals surface area contributed by atoms with Gasteiger partial charge in [-0.3, -0.25) is 0 Å². The number of methoxy groups -OCH3 is 1. The first-order valence-corrected chi connectivity index (χ1v) is 10.1. The third kappa shape index (κ3) is 2.78. The molecule has 27 heavy (non-hydrogen) atoms. The van der Waals surface area contributed by atoms with E-state index in [9.17, 15) is 0 Å². The van der Waals surface area contributed by atoms with Gasteiger partial charge in [-0.25, -0.2) is 5.01 Å². The standard InChI is InChI=1S/C22H23ClN2O2/c1-26-17-7-5-6-15(12-17)19-14-20-18-13-16(23)8-9-21(18)27-22(25(20)24-19)10-3-2-4-11-22/h5-9,12-13,20H,2-4,10-11,14H2,1H3. The number of benzene rings is 2. The molecule has 0 bridgehead atoms. The smallest absolute Gasteiger partial charge is 0.198 e. The van der Waals surface area contributed by atoms with E-state index in [0.29, 0.717) is 0 Å². The minimum absolute atomic E-state index is 0.173. The van der Waals surface area contributed by atoms with Crippen molar-refractivity contribution >= 4 is 17.3 Å². The van der Waals surface area contributed by atoms with Crippen molar-refractivity contribution in [3.63, 3.8) is 0 Å². The second kappa shape index (κ2) is 6.45. The summed E-state index contributed by atoms with van der Waals surface area (Å²) in [5.74, 6) is 1.82. The Morgan fingerprint density at radius 1 is 1.15 bits per heavy atom. The number of nitrogens with zero attached hydrogens (tertiary/aromatic N) is 2. The van der Waals surface area contributed by atoms with Crippen LogP contribution in [0.5, 0.6) is 11.5 Å². The minimum Gasteiger partial charge on any atom is -0.497 e. The van der Waals surface area contributed by atoms with Gasteiger partial charge in [-0.1, -0.05) is 30.2 Å². The third-order valence-corrected chi connectivity index (χ3v) is 6.23. The second-order valence-electron chi connectivity index (χ2n) is 7.63. The van der Waals surface area contributed by atoms with Gasteiger partial charge in [0.2, 0.25) is 0 Å². The van der Waals surface area contributed by atoms with Gasteiger partial charge >= 0.3 is 0 Å². The van der Waals surface area contributed by atoms with Gasteiger partial charge in [-0.2, -0.15) is 5.10 Å². The van der Waals surface area contributed by atoms with Crippen LogP contribution in [-0.2, 0) is 0 Å². The van der Waals surface area contributed by atoms with Gasteiger partial charge in [0.05, 0.1) is 18.9 Å². The monoisotopic (exact) mass is 382 g/mol. The average Bonchev–Trinajstić information content (AvgIpc) is 3.17. The summed E-state index contributed by atoms with van der Waals surface area (Å²) < 4.78 is 12.0. The fourth-order valence-corrected chi connectivity index (χ4v) is 4.85. The summed E-state index contributed by atoms with van der Waals surface area (Å²) >= 11 is 6.31. The molecule has 2 heterocycles. The van der Waals surface area contributed by atoms with Gasteiger partial charge in [-0.05, 0) is 43.2 Å². The number of ether oxygens (including phenoxy) is 2. The highest BCUT2D eigenvalue weighted by molar-refractivity contribution is 6.30. The van der Waals surface area contributed by atoms with Crippen molar-refractivity contribution in [2.45, 2.75) is 50.3 Å². The van der Waals surface area contributed by atoms with Gasteiger partial charge < -0.3 is 9.47 Å². The molecule has 2 aromatic rings. The lowest BCUT2D eigenvalue weighted by Gasteiger charge is -2.49. The number of hydrogen-bond acceptors (Lipinski definition) is 4. The molecule has 0 N–H and O–H groups in total. The van der Waals surface area contributed by atoms with Gasteiger partial charge in [0.25, 0.3) is 0 Å². The van der Waals surface area contributed by atoms with E-state index in [-0.39, 0.29) is 11.8 Å². The van der Waals surface area contributed by atoms with Gasteiger partial charge in [-0.15, -0.1) is 0 Å². The Hall–Kier alpha value is -2.20. The molecular formula is C22H23ClN2O2. The summed E-state index contributed by atoms with van der Waals surface area (Å²) in [7, 11) is 1.70. The molecule has 0 aromatic heterocycles. The molecule has 0 radical (unpaired) electrons. The van der Waals surface area contributed by atoms with Crippen LogP contribution in [0.25, 0.3) is 0 Å². The molecule has 140 valence electrons. The number of fused-ring (bicyclic) bond motifs is 4. The summed E-state index contributed by atoms with van der Waals surface area (Å²) in [6.45, 7) is 0. The van der Waals surface area contributed by atoms with Crippen molar-refractivity contribution in [1.82, 2.24) is 5.01 Å². The second-order valence-corrected chi connectivity index (χ2v) is 8.07. The maximum atomic E-state index is 6.59. The van der Waals surface area contributed by atoms with Crippen molar-refractivity contribution in [1.29, 1.82) is 0 Å². The number of hydrogen-bond donors (Lipinski definition) is 0. The van der Waals surface area contributed by atoms with Gasteiger partial charge in [0.1, 0.15) is 11.5 Å². The zero-order chi connectivity index (χ0) is 18.4. The van der Waals surface area contributed by atoms with Crippen molar-refractivity contribution in [2.24, 2.45) is 5.10 Å². The van der Waals surface area contributed by atoms with Crippen molar-refractivity contribution in [3.8, 4) is 11.5 Å². The molecule has 5 rings (SSSR count). The van der Waals surface area contributed by atoms with Crippen LogP contribution in [0.4, 0.5) is 0 Å². The lowest BCUT2D eigenvalue weighted by atomic mass is 9.86. The van der Waals surface area contributed by atoms with Crippen LogP contribution in [0.15, 0.2) is 47.6 Å². The fraction of sp³-hybridized carbons (Fsp3) is 0.409. The summed E-state index contributed by atoms with van der Waals surface area (Å²) in [4.78, 5) is 0. The summed E-state index contributed by atoms with van der Waals surface area (Å²) in [6, 6.07) is 14.3. The average molecular weight is 383 g/mol. The van der Waals surface area contributed by atoms with Crippen LogP contribution in [0.3, 0.4) is 0 Å². The van der Waals surface area contributed by atoms with Gasteiger partial charge in [0.15, 0.2) is 5.72 Å². The molecule has 1 aliphatic carbocycles. The zero-order valence-electron chi connectivity index (χ0n) is 15.5. The maximum absolute atomic E-state index is 6.59. The van der Waals surface area contributed by atoms with Crippen LogP contribution in [0.2, 0.25) is 5.02 Å². The van der Waals surface area contributed by atoms with Crippen LogP contribution in [-0.4, -0.2) is 23.6 Å². The Kier molecular flexibility index (Phi) is 4.05. The molecule has 0 amide bonds. The molecule has 2 aromatic carbocycles. The van der Waals surface area contributed by atoms with Crippen LogP contribution < -0.4 is 9.47 Å². The highest BCUT2D eigenvalue weighted by Crippen LogP contribution is 2.51. The topological polar surface area (TPSA) is 34.1 Å². The SMILES string of the molecule is COc1cccc(C2=NN3C(C2)c2cc(Cl)ccc2OC32CCCCC2)c1. The lowest BCUT2D eigenvalue weighted by molar-refractivity contribution is -0.140. The van der Waals surface area contributed by atoms with E-state index < -0.39 is 0 Å². The molecular weight excluding hydrogens is 360 g/mol. The predicted octanol–water partition coefficient (Wildman–Crippen LogP) is 5.55. The summed E-state index contributed by atoms with van der Waals surface area (Å²) in [5.41, 5.74) is 3.00. The van der Waals surface area contributed by atoms with E-state index in [4.69, 9.17) is 26.2 Å². The molecule has 0 saturated heterocycles. The van der Waals surface area contributed by atoms with Crippen molar-refractivity contribution < 1.29 is 9.47 Å². The largest absolute Gasteiger partial charge is 0.497 e.